The van der Waals surface area contributed by atoms with Crippen molar-refractivity contribution in [3.63, 3.8) is 0 Å². The van der Waals surface area contributed by atoms with Crippen molar-refractivity contribution in [1.82, 2.24) is 0 Å². The maximum atomic E-state index is 12.1. The van der Waals surface area contributed by atoms with Crippen LogP contribution in [0.3, 0.4) is 0 Å². The summed E-state index contributed by atoms with van der Waals surface area (Å²) >= 11 is 0. The van der Waals surface area contributed by atoms with Crippen molar-refractivity contribution in [2.45, 2.75) is 0 Å². The molecule has 0 spiro atoms. The molecule has 3 rings (SSSR count). The highest BCUT2D eigenvalue weighted by atomic mass is 16.6. The molecule has 2 aromatic rings. The van der Waals surface area contributed by atoms with Gasteiger partial charge in [0.25, 0.3) is 0 Å². The average Bonchev–Trinajstić information content (AvgIpc) is 2.47. The molecule has 1 fully saturated rings. The first-order valence-corrected chi connectivity index (χ1v) is 6.30. The standard InChI is InChI=1S/C13H13N3O4/c17-15-9-12(14-5-7-20-8-6-14)13(16(18)19)10-3-1-2-4-11(10)15/h1-4,9H,5-8H2. The molecule has 7 nitrogen and oxygen atoms in total. The molecule has 2 heterocycles. The highest BCUT2D eigenvalue weighted by Gasteiger charge is 2.29. The van der Waals surface area contributed by atoms with Gasteiger partial charge in [-0.25, -0.2) is 0 Å². The van der Waals surface area contributed by atoms with Gasteiger partial charge in [0.15, 0.2) is 5.69 Å². The Bertz CT molecular complexity index is 668. The van der Waals surface area contributed by atoms with Crippen molar-refractivity contribution in [3.8, 4) is 0 Å². The Hall–Kier alpha value is -2.41. The van der Waals surface area contributed by atoms with E-state index in [0.29, 0.717) is 47.6 Å². The molecular weight excluding hydrogens is 262 g/mol. The smallest absolute Gasteiger partial charge is 0.312 e. The zero-order valence-electron chi connectivity index (χ0n) is 10.7. The fourth-order valence-electron chi connectivity index (χ4n) is 2.47. The number of anilines is 1. The van der Waals surface area contributed by atoms with E-state index >= 15 is 0 Å². The van der Waals surface area contributed by atoms with E-state index in [0.717, 1.165) is 0 Å². The number of hydrogen-bond donors (Lipinski definition) is 0. The number of ether oxygens (including phenoxy) is 1. The second kappa shape index (κ2) is 4.93. The number of aromatic nitrogens is 1. The highest BCUT2D eigenvalue weighted by Crippen LogP contribution is 2.33. The summed E-state index contributed by atoms with van der Waals surface area (Å²) in [4.78, 5) is 12.8. The van der Waals surface area contributed by atoms with Crippen LogP contribution in [0.4, 0.5) is 11.4 Å². The number of rotatable bonds is 2. The minimum absolute atomic E-state index is 0.0189. The summed E-state index contributed by atoms with van der Waals surface area (Å²) in [5.74, 6) is 0. The molecule has 104 valence electrons. The van der Waals surface area contributed by atoms with Gasteiger partial charge >= 0.3 is 5.69 Å². The molecule has 0 amide bonds. The van der Waals surface area contributed by atoms with Crippen molar-refractivity contribution in [3.05, 3.63) is 45.8 Å². The summed E-state index contributed by atoms with van der Waals surface area (Å²) in [6, 6.07) is 6.57. The molecule has 1 aromatic heterocycles. The van der Waals surface area contributed by atoms with Gasteiger partial charge < -0.3 is 14.8 Å². The van der Waals surface area contributed by atoms with Crippen LogP contribution < -0.4 is 9.63 Å². The fourth-order valence-corrected chi connectivity index (χ4v) is 2.47. The minimum atomic E-state index is -0.423. The van der Waals surface area contributed by atoms with E-state index in [9.17, 15) is 15.3 Å². The number of para-hydroxylation sites is 1. The zero-order chi connectivity index (χ0) is 14.1. The van der Waals surface area contributed by atoms with Gasteiger partial charge in [-0.05, 0) is 6.07 Å². The van der Waals surface area contributed by atoms with Crippen LogP contribution in [-0.4, -0.2) is 31.2 Å². The predicted molar refractivity (Wildman–Crippen MR) is 72.6 cm³/mol. The van der Waals surface area contributed by atoms with Crippen LogP contribution in [0.5, 0.6) is 0 Å². The lowest BCUT2D eigenvalue weighted by Crippen LogP contribution is -2.39. The largest absolute Gasteiger partial charge is 0.618 e. The second-order valence-corrected chi connectivity index (χ2v) is 4.56. The Labute approximate surface area is 114 Å². The lowest BCUT2D eigenvalue weighted by atomic mass is 10.1. The first kappa shape index (κ1) is 12.6. The molecule has 0 bridgehead atoms. The van der Waals surface area contributed by atoms with Crippen molar-refractivity contribution in [1.29, 1.82) is 0 Å². The molecule has 0 aliphatic carbocycles. The van der Waals surface area contributed by atoms with Gasteiger partial charge in [0.2, 0.25) is 11.7 Å². The van der Waals surface area contributed by atoms with Crippen molar-refractivity contribution in [2.75, 3.05) is 31.2 Å². The van der Waals surface area contributed by atoms with Gasteiger partial charge in [0.05, 0.1) is 18.1 Å². The molecular formula is C13H13N3O4. The summed E-state index contributed by atoms with van der Waals surface area (Å²) in [7, 11) is 0. The lowest BCUT2D eigenvalue weighted by molar-refractivity contribution is -0.576. The summed E-state index contributed by atoms with van der Waals surface area (Å²) in [5, 5.41) is 23.8. The summed E-state index contributed by atoms with van der Waals surface area (Å²) in [6.45, 7) is 2.09. The maximum absolute atomic E-state index is 12.1. The number of fused-ring (bicyclic) bond motifs is 1. The summed E-state index contributed by atoms with van der Waals surface area (Å²) < 4.78 is 5.93. The summed E-state index contributed by atoms with van der Waals surface area (Å²) in [5.41, 5.74) is 0.637. The van der Waals surface area contributed by atoms with Gasteiger partial charge in [-0.3, -0.25) is 10.1 Å². The zero-order valence-corrected chi connectivity index (χ0v) is 10.7. The van der Waals surface area contributed by atoms with Crippen LogP contribution in [0.25, 0.3) is 10.9 Å². The SMILES string of the molecule is O=[N+]([O-])c1c(N2CCOCC2)c[n+]([O-])c2ccccc12. The Morgan fingerprint density at radius 3 is 2.65 bits per heavy atom. The predicted octanol–water partition coefficient (Wildman–Crippen LogP) is 1.22. The first-order chi connectivity index (χ1) is 9.68. The number of nitrogens with zero attached hydrogens (tertiary/aromatic N) is 3. The molecule has 1 aliphatic rings. The van der Waals surface area contributed by atoms with Gasteiger partial charge in [-0.15, -0.1) is 0 Å². The van der Waals surface area contributed by atoms with Crippen molar-refractivity contribution in [2.24, 2.45) is 0 Å². The summed E-state index contributed by atoms with van der Waals surface area (Å²) in [6.07, 6.45) is 1.28. The van der Waals surface area contributed by atoms with E-state index in [1.807, 2.05) is 4.90 Å². The number of benzene rings is 1. The molecule has 0 atom stereocenters. The molecule has 0 radical (unpaired) electrons. The Morgan fingerprint density at radius 1 is 1.25 bits per heavy atom. The van der Waals surface area contributed by atoms with Gasteiger partial charge in [0.1, 0.15) is 5.39 Å². The van der Waals surface area contributed by atoms with E-state index in [-0.39, 0.29) is 5.69 Å². The van der Waals surface area contributed by atoms with E-state index in [1.54, 1.807) is 24.3 Å². The topological polar surface area (TPSA) is 82.5 Å². The fraction of sp³-hybridized carbons (Fsp3) is 0.308. The van der Waals surface area contributed by atoms with Gasteiger partial charge in [-0.2, -0.15) is 4.73 Å². The van der Waals surface area contributed by atoms with Crippen LogP contribution in [0.2, 0.25) is 0 Å². The van der Waals surface area contributed by atoms with Gasteiger partial charge in [0, 0.05) is 19.2 Å². The van der Waals surface area contributed by atoms with Crippen LogP contribution in [0.1, 0.15) is 0 Å². The number of nitro groups is 1. The van der Waals surface area contributed by atoms with Crippen LogP contribution in [0, 0.1) is 15.3 Å². The van der Waals surface area contributed by atoms with E-state index in [4.69, 9.17) is 4.74 Å². The number of pyridine rings is 1. The Morgan fingerprint density at radius 2 is 1.95 bits per heavy atom. The van der Waals surface area contributed by atoms with Crippen molar-refractivity contribution >= 4 is 22.3 Å². The average molecular weight is 275 g/mol. The third-order valence-corrected chi connectivity index (χ3v) is 3.41. The molecule has 7 heteroatoms. The molecule has 0 saturated carbocycles. The third-order valence-electron chi connectivity index (χ3n) is 3.41. The lowest BCUT2D eigenvalue weighted by Gasteiger charge is -2.27. The Kier molecular flexibility index (Phi) is 3.11. The quantitative estimate of drug-likeness (QED) is 0.356. The molecule has 1 saturated heterocycles. The molecule has 0 N–H and O–H groups in total. The van der Waals surface area contributed by atoms with Crippen LogP contribution in [-0.2, 0) is 4.74 Å². The third kappa shape index (κ3) is 2.01. The maximum Gasteiger partial charge on any atom is 0.312 e. The monoisotopic (exact) mass is 275 g/mol. The van der Waals surface area contributed by atoms with E-state index in [1.165, 1.54) is 6.20 Å². The highest BCUT2D eigenvalue weighted by molar-refractivity contribution is 5.91. The van der Waals surface area contributed by atoms with E-state index in [2.05, 4.69) is 0 Å². The minimum Gasteiger partial charge on any atom is -0.618 e. The molecule has 1 aromatic carbocycles. The van der Waals surface area contributed by atoms with Crippen LogP contribution >= 0.6 is 0 Å². The number of hydrogen-bond acceptors (Lipinski definition) is 5. The molecule has 1 aliphatic heterocycles. The van der Waals surface area contributed by atoms with E-state index < -0.39 is 4.92 Å². The second-order valence-electron chi connectivity index (χ2n) is 4.56. The van der Waals surface area contributed by atoms with Crippen LogP contribution in [0.15, 0.2) is 30.5 Å². The van der Waals surface area contributed by atoms with Gasteiger partial charge in [-0.1, -0.05) is 12.1 Å². The number of morpholine rings is 1. The molecule has 0 unspecified atom stereocenters. The Balaban J connectivity index is 2.24. The van der Waals surface area contributed by atoms with Crippen molar-refractivity contribution < 1.29 is 14.4 Å². The first-order valence-electron chi connectivity index (χ1n) is 6.30. The molecule has 20 heavy (non-hydrogen) atoms. The normalized spacial score (nSPS) is 15.5.